The number of carbonyl (C=O) groups is 1. The third-order valence-corrected chi connectivity index (χ3v) is 4.60. The maximum absolute atomic E-state index is 11.6. The highest BCUT2D eigenvalue weighted by Crippen LogP contribution is 2.41. The van der Waals surface area contributed by atoms with Crippen molar-refractivity contribution in [2.45, 2.75) is 31.2 Å². The Balaban J connectivity index is 1.99. The first-order valence-electron chi connectivity index (χ1n) is 6.92. The van der Waals surface area contributed by atoms with Gasteiger partial charge >= 0.3 is 6.03 Å². The lowest BCUT2D eigenvalue weighted by Gasteiger charge is -2.36. The molecule has 1 amide bonds. The van der Waals surface area contributed by atoms with Crippen molar-refractivity contribution < 1.29 is 4.79 Å². The SMILES string of the molecule is NC(=O)n1cc2c3c(cccc31)[C@H]1CCCN[C@@H]1C2. The average Bonchev–Trinajstić information content (AvgIpc) is 2.80. The molecule has 2 aliphatic rings. The van der Waals surface area contributed by atoms with Gasteiger partial charge in [0, 0.05) is 23.5 Å². The molecule has 0 saturated carbocycles. The zero-order valence-corrected chi connectivity index (χ0v) is 10.7. The lowest BCUT2D eigenvalue weighted by molar-refractivity contribution is 0.251. The summed E-state index contributed by atoms with van der Waals surface area (Å²) in [5.41, 5.74) is 9.07. The van der Waals surface area contributed by atoms with Crippen LogP contribution in [0.15, 0.2) is 24.4 Å². The van der Waals surface area contributed by atoms with Gasteiger partial charge in [-0.15, -0.1) is 0 Å². The molecule has 2 heterocycles. The Morgan fingerprint density at radius 3 is 3.16 bits per heavy atom. The molecule has 1 aromatic heterocycles. The Morgan fingerprint density at radius 1 is 1.42 bits per heavy atom. The van der Waals surface area contributed by atoms with Crippen LogP contribution in [-0.2, 0) is 6.42 Å². The van der Waals surface area contributed by atoms with Crippen LogP contribution < -0.4 is 11.1 Å². The fourth-order valence-corrected chi connectivity index (χ4v) is 3.82. The Bertz CT molecular complexity index is 673. The molecule has 0 bridgehead atoms. The molecule has 1 fully saturated rings. The number of nitrogens with zero attached hydrogens (tertiary/aromatic N) is 1. The van der Waals surface area contributed by atoms with Gasteiger partial charge in [-0.2, -0.15) is 0 Å². The van der Waals surface area contributed by atoms with E-state index < -0.39 is 6.03 Å². The van der Waals surface area contributed by atoms with Gasteiger partial charge in [0.1, 0.15) is 0 Å². The van der Waals surface area contributed by atoms with E-state index in [1.54, 1.807) is 4.57 Å². The molecule has 3 N–H and O–H groups in total. The van der Waals surface area contributed by atoms with Crippen molar-refractivity contribution in [2.75, 3.05) is 6.54 Å². The third-order valence-electron chi connectivity index (χ3n) is 4.60. The fraction of sp³-hybridized carbons (Fsp3) is 0.400. The van der Waals surface area contributed by atoms with Crippen LogP contribution in [0.5, 0.6) is 0 Å². The molecule has 0 radical (unpaired) electrons. The minimum Gasteiger partial charge on any atom is -0.351 e. The van der Waals surface area contributed by atoms with Gasteiger partial charge in [0.05, 0.1) is 5.52 Å². The van der Waals surface area contributed by atoms with Crippen molar-refractivity contribution in [1.82, 2.24) is 9.88 Å². The molecule has 98 valence electrons. The molecule has 4 rings (SSSR count). The lowest BCUT2D eigenvalue weighted by Crippen LogP contribution is -2.43. The minimum atomic E-state index is -0.397. The van der Waals surface area contributed by atoms with E-state index in [0.717, 1.165) is 18.5 Å². The second kappa shape index (κ2) is 3.84. The van der Waals surface area contributed by atoms with Gasteiger partial charge < -0.3 is 11.1 Å². The predicted octanol–water partition coefficient (Wildman–Crippen LogP) is 1.96. The molecule has 2 atom stereocenters. The highest BCUT2D eigenvalue weighted by molar-refractivity contribution is 5.96. The maximum Gasteiger partial charge on any atom is 0.323 e. The van der Waals surface area contributed by atoms with Gasteiger partial charge in [-0.05, 0) is 43.0 Å². The number of hydrogen-bond donors (Lipinski definition) is 2. The van der Waals surface area contributed by atoms with Crippen molar-refractivity contribution in [2.24, 2.45) is 5.73 Å². The summed E-state index contributed by atoms with van der Waals surface area (Å²) in [5.74, 6) is 0.577. The van der Waals surface area contributed by atoms with E-state index in [1.807, 2.05) is 18.3 Å². The fourth-order valence-electron chi connectivity index (χ4n) is 3.82. The van der Waals surface area contributed by atoms with E-state index in [9.17, 15) is 4.79 Å². The van der Waals surface area contributed by atoms with Gasteiger partial charge in [0.2, 0.25) is 0 Å². The van der Waals surface area contributed by atoms with Crippen molar-refractivity contribution in [3.05, 3.63) is 35.5 Å². The second-order valence-electron chi connectivity index (χ2n) is 5.62. The summed E-state index contributed by atoms with van der Waals surface area (Å²) in [6.45, 7) is 1.10. The number of rotatable bonds is 0. The number of benzene rings is 1. The van der Waals surface area contributed by atoms with Crippen LogP contribution >= 0.6 is 0 Å². The Hall–Kier alpha value is -1.81. The number of aromatic nitrogens is 1. The summed E-state index contributed by atoms with van der Waals surface area (Å²) >= 11 is 0. The highest BCUT2D eigenvalue weighted by atomic mass is 16.2. The zero-order valence-electron chi connectivity index (χ0n) is 10.7. The quantitative estimate of drug-likeness (QED) is 0.756. The molecule has 1 aromatic carbocycles. The molecular formula is C15H17N3O. The van der Waals surface area contributed by atoms with Crippen LogP contribution in [0.2, 0.25) is 0 Å². The van der Waals surface area contributed by atoms with Crippen LogP contribution in [0.4, 0.5) is 4.79 Å². The molecule has 2 aromatic rings. The van der Waals surface area contributed by atoms with Crippen LogP contribution in [0, 0.1) is 0 Å². The molecule has 1 saturated heterocycles. The zero-order chi connectivity index (χ0) is 13.0. The second-order valence-corrected chi connectivity index (χ2v) is 5.62. The summed E-state index contributed by atoms with van der Waals surface area (Å²) in [6.07, 6.45) is 5.38. The van der Waals surface area contributed by atoms with Crippen LogP contribution in [-0.4, -0.2) is 23.2 Å². The lowest BCUT2D eigenvalue weighted by atomic mass is 9.76. The highest BCUT2D eigenvalue weighted by Gasteiger charge is 2.33. The molecule has 1 aliphatic heterocycles. The normalized spacial score (nSPS) is 25.3. The first-order chi connectivity index (χ1) is 9.25. The monoisotopic (exact) mass is 255 g/mol. The molecule has 4 heteroatoms. The molecule has 0 unspecified atom stereocenters. The van der Waals surface area contributed by atoms with E-state index in [-0.39, 0.29) is 0 Å². The van der Waals surface area contributed by atoms with Gasteiger partial charge in [-0.3, -0.25) is 4.57 Å². The molecule has 19 heavy (non-hydrogen) atoms. The van der Waals surface area contributed by atoms with Gasteiger partial charge in [-0.1, -0.05) is 12.1 Å². The van der Waals surface area contributed by atoms with Gasteiger partial charge in [0.25, 0.3) is 0 Å². The predicted molar refractivity (Wildman–Crippen MR) is 74.4 cm³/mol. The summed E-state index contributed by atoms with van der Waals surface area (Å²) in [6, 6.07) is 6.35. The number of amides is 1. The number of piperidine rings is 1. The summed E-state index contributed by atoms with van der Waals surface area (Å²) in [5, 5.41) is 4.87. The number of carbonyl (C=O) groups excluding carboxylic acids is 1. The standard InChI is InChI=1S/C15H17N3O/c16-15(19)18-8-9-7-12-10(4-2-6-17-12)11-3-1-5-13(18)14(9)11/h1,3,5,8,10,12,17H,2,4,6-7H2,(H2,16,19)/t10-,12-/m1/s1. The van der Waals surface area contributed by atoms with Crippen molar-refractivity contribution in [3.63, 3.8) is 0 Å². The molecule has 1 aliphatic carbocycles. The van der Waals surface area contributed by atoms with Gasteiger partial charge in [-0.25, -0.2) is 4.79 Å². The summed E-state index contributed by atoms with van der Waals surface area (Å²) < 4.78 is 1.59. The molecule has 4 nitrogen and oxygen atoms in total. The van der Waals surface area contributed by atoms with Crippen molar-refractivity contribution >= 4 is 16.9 Å². The Kier molecular flexibility index (Phi) is 2.23. The van der Waals surface area contributed by atoms with Crippen LogP contribution in [0.25, 0.3) is 10.9 Å². The topological polar surface area (TPSA) is 60.1 Å². The Labute approximate surface area is 111 Å². The van der Waals surface area contributed by atoms with Crippen LogP contribution in [0.3, 0.4) is 0 Å². The summed E-state index contributed by atoms with van der Waals surface area (Å²) in [4.78, 5) is 11.6. The summed E-state index contributed by atoms with van der Waals surface area (Å²) in [7, 11) is 0. The van der Waals surface area contributed by atoms with Gasteiger partial charge in [0.15, 0.2) is 0 Å². The van der Waals surface area contributed by atoms with Crippen molar-refractivity contribution in [3.8, 4) is 0 Å². The van der Waals surface area contributed by atoms with E-state index in [1.165, 1.54) is 29.4 Å². The molecule has 0 spiro atoms. The minimum absolute atomic E-state index is 0.397. The number of primary amides is 1. The third kappa shape index (κ3) is 1.46. The number of nitrogens with one attached hydrogen (secondary N) is 1. The molecular weight excluding hydrogens is 238 g/mol. The average molecular weight is 255 g/mol. The smallest absolute Gasteiger partial charge is 0.323 e. The first-order valence-corrected chi connectivity index (χ1v) is 6.92. The van der Waals surface area contributed by atoms with E-state index in [0.29, 0.717) is 12.0 Å². The van der Waals surface area contributed by atoms with Crippen LogP contribution in [0.1, 0.15) is 29.9 Å². The largest absolute Gasteiger partial charge is 0.351 e. The van der Waals surface area contributed by atoms with Crippen molar-refractivity contribution in [1.29, 1.82) is 0 Å². The number of fused-ring (bicyclic) bond motifs is 2. The maximum atomic E-state index is 11.6. The number of nitrogens with two attached hydrogens (primary N) is 1. The van der Waals surface area contributed by atoms with E-state index >= 15 is 0 Å². The van der Waals surface area contributed by atoms with E-state index in [2.05, 4.69) is 11.4 Å². The Morgan fingerprint density at radius 2 is 2.32 bits per heavy atom. The van der Waals surface area contributed by atoms with E-state index in [4.69, 9.17) is 5.73 Å². The first kappa shape index (κ1) is 11.1. The number of hydrogen-bond acceptors (Lipinski definition) is 2.